The normalized spacial score (nSPS) is 12.7. The highest BCUT2D eigenvalue weighted by Gasteiger charge is 2.22. The van der Waals surface area contributed by atoms with E-state index in [4.69, 9.17) is 22.4 Å². The average Bonchev–Trinajstić information content (AvgIpc) is 2.36. The standard InChI is InChI=1S/C12H15ClN2O5S/c1-21(19,20)5-4-10(12(17)18)15-11(16)7-2-3-8(13)9(14)6-7/h2-3,6,10H,4-5,14H2,1H3,(H,15,16)(H,17,18). The van der Waals surface area contributed by atoms with E-state index in [0.29, 0.717) is 0 Å². The smallest absolute Gasteiger partial charge is 0.326 e. The van der Waals surface area contributed by atoms with E-state index >= 15 is 0 Å². The molecule has 1 rings (SSSR count). The second-order valence-electron chi connectivity index (χ2n) is 4.52. The highest BCUT2D eigenvalue weighted by Crippen LogP contribution is 2.19. The lowest BCUT2D eigenvalue weighted by molar-refractivity contribution is -0.139. The summed E-state index contributed by atoms with van der Waals surface area (Å²) in [6, 6.07) is 2.82. The Kier molecular flexibility index (Phi) is 5.56. The number of carboxylic acids is 1. The van der Waals surface area contributed by atoms with E-state index in [1.807, 2.05) is 0 Å². The van der Waals surface area contributed by atoms with Crippen molar-refractivity contribution in [2.24, 2.45) is 0 Å². The zero-order valence-corrected chi connectivity index (χ0v) is 12.7. The van der Waals surface area contributed by atoms with Crippen LogP contribution in [0.5, 0.6) is 0 Å². The van der Waals surface area contributed by atoms with Gasteiger partial charge in [-0.2, -0.15) is 0 Å². The summed E-state index contributed by atoms with van der Waals surface area (Å²) in [7, 11) is -3.32. The topological polar surface area (TPSA) is 127 Å². The summed E-state index contributed by atoms with van der Waals surface area (Å²) in [6.07, 6.45) is 0.774. The number of carbonyl (C=O) groups is 2. The van der Waals surface area contributed by atoms with Crippen LogP contribution in [0, 0.1) is 0 Å². The summed E-state index contributed by atoms with van der Waals surface area (Å²) in [6.45, 7) is 0. The minimum atomic E-state index is -3.32. The molecule has 21 heavy (non-hydrogen) atoms. The lowest BCUT2D eigenvalue weighted by Crippen LogP contribution is -2.41. The van der Waals surface area contributed by atoms with Gasteiger partial charge in [0.1, 0.15) is 15.9 Å². The van der Waals surface area contributed by atoms with Crippen LogP contribution in [-0.2, 0) is 14.6 Å². The molecule has 0 aliphatic heterocycles. The van der Waals surface area contributed by atoms with Gasteiger partial charge in [-0.1, -0.05) is 11.6 Å². The Morgan fingerprint density at radius 3 is 2.52 bits per heavy atom. The fourth-order valence-electron chi connectivity index (χ4n) is 1.52. The predicted molar refractivity (Wildman–Crippen MR) is 79.1 cm³/mol. The Morgan fingerprint density at radius 1 is 1.43 bits per heavy atom. The highest BCUT2D eigenvalue weighted by atomic mass is 35.5. The number of halogens is 1. The Bertz CT molecular complexity index is 660. The molecule has 0 bridgehead atoms. The molecule has 4 N–H and O–H groups in total. The number of carbonyl (C=O) groups excluding carboxylic acids is 1. The van der Waals surface area contributed by atoms with Gasteiger partial charge in [-0.25, -0.2) is 13.2 Å². The van der Waals surface area contributed by atoms with Crippen LogP contribution in [0.4, 0.5) is 5.69 Å². The number of aliphatic carboxylic acids is 1. The maximum atomic E-state index is 11.9. The molecule has 0 heterocycles. The molecule has 1 unspecified atom stereocenters. The SMILES string of the molecule is CS(=O)(=O)CCC(NC(=O)c1ccc(Cl)c(N)c1)C(=O)O. The highest BCUT2D eigenvalue weighted by molar-refractivity contribution is 7.90. The molecule has 1 aromatic rings. The number of hydrogen-bond acceptors (Lipinski definition) is 5. The third-order valence-electron chi connectivity index (χ3n) is 2.64. The largest absolute Gasteiger partial charge is 0.480 e. The van der Waals surface area contributed by atoms with Crippen molar-refractivity contribution in [3.05, 3.63) is 28.8 Å². The summed E-state index contributed by atoms with van der Waals surface area (Å²) in [5, 5.41) is 11.5. The van der Waals surface area contributed by atoms with Gasteiger partial charge in [-0.05, 0) is 24.6 Å². The van der Waals surface area contributed by atoms with Crippen LogP contribution in [0.1, 0.15) is 16.8 Å². The summed E-state index contributed by atoms with van der Waals surface area (Å²) < 4.78 is 22.1. The fourth-order valence-corrected chi connectivity index (χ4v) is 2.30. The van der Waals surface area contributed by atoms with Crippen molar-refractivity contribution in [1.82, 2.24) is 5.32 Å². The Labute approximate surface area is 127 Å². The molecule has 9 heteroatoms. The predicted octanol–water partition coefficient (Wildman–Crippen LogP) is 0.540. The van der Waals surface area contributed by atoms with Crippen LogP contribution < -0.4 is 11.1 Å². The summed E-state index contributed by atoms with van der Waals surface area (Å²) in [5.41, 5.74) is 5.89. The van der Waals surface area contributed by atoms with E-state index in [-0.39, 0.29) is 28.4 Å². The zero-order chi connectivity index (χ0) is 16.2. The van der Waals surface area contributed by atoms with Crippen LogP contribution >= 0.6 is 11.6 Å². The van der Waals surface area contributed by atoms with Gasteiger partial charge in [-0.3, -0.25) is 4.79 Å². The van der Waals surface area contributed by atoms with E-state index in [0.717, 1.165) is 6.26 Å². The zero-order valence-electron chi connectivity index (χ0n) is 11.2. The lowest BCUT2D eigenvalue weighted by atomic mass is 10.1. The van der Waals surface area contributed by atoms with Gasteiger partial charge in [0.2, 0.25) is 0 Å². The average molecular weight is 335 g/mol. The molecule has 7 nitrogen and oxygen atoms in total. The molecule has 1 amide bonds. The first-order valence-corrected chi connectivity index (χ1v) is 8.30. The molecule has 0 aliphatic carbocycles. The molecule has 1 atom stereocenters. The Morgan fingerprint density at radius 2 is 2.05 bits per heavy atom. The van der Waals surface area contributed by atoms with Gasteiger partial charge in [-0.15, -0.1) is 0 Å². The minimum absolute atomic E-state index is 0.141. The van der Waals surface area contributed by atoms with Crippen molar-refractivity contribution in [2.45, 2.75) is 12.5 Å². The number of nitrogens with one attached hydrogen (secondary N) is 1. The van der Waals surface area contributed by atoms with Crippen LogP contribution in [0.25, 0.3) is 0 Å². The second kappa shape index (κ2) is 6.77. The Hall–Kier alpha value is -1.80. The number of amides is 1. The Balaban J connectivity index is 2.81. The number of rotatable bonds is 6. The molecular formula is C12H15ClN2O5S. The van der Waals surface area contributed by atoms with E-state index in [2.05, 4.69) is 5.32 Å². The maximum Gasteiger partial charge on any atom is 0.326 e. The van der Waals surface area contributed by atoms with Gasteiger partial charge in [0, 0.05) is 11.8 Å². The van der Waals surface area contributed by atoms with E-state index in [9.17, 15) is 18.0 Å². The van der Waals surface area contributed by atoms with E-state index < -0.39 is 27.8 Å². The third kappa shape index (κ3) is 5.60. The lowest BCUT2D eigenvalue weighted by Gasteiger charge is -2.14. The number of carboxylic acid groups (broad SMARTS) is 1. The molecule has 0 aliphatic rings. The number of hydrogen-bond donors (Lipinski definition) is 3. The van der Waals surface area contributed by atoms with Crippen LogP contribution in [0.2, 0.25) is 5.02 Å². The quantitative estimate of drug-likeness (QED) is 0.652. The number of nitrogen functional groups attached to an aromatic ring is 1. The molecule has 1 aromatic carbocycles. The van der Waals surface area contributed by atoms with E-state index in [1.165, 1.54) is 18.2 Å². The van der Waals surface area contributed by atoms with Crippen molar-refractivity contribution in [1.29, 1.82) is 0 Å². The van der Waals surface area contributed by atoms with Crippen molar-refractivity contribution >= 4 is 39.0 Å². The molecule has 0 saturated carbocycles. The number of nitrogens with two attached hydrogens (primary N) is 1. The van der Waals surface area contributed by atoms with Crippen molar-refractivity contribution in [2.75, 3.05) is 17.7 Å². The fraction of sp³-hybridized carbons (Fsp3) is 0.333. The van der Waals surface area contributed by atoms with Gasteiger partial charge >= 0.3 is 5.97 Å². The molecular weight excluding hydrogens is 320 g/mol. The molecule has 0 radical (unpaired) electrons. The van der Waals surface area contributed by atoms with Gasteiger partial charge in [0.05, 0.1) is 16.5 Å². The second-order valence-corrected chi connectivity index (χ2v) is 7.19. The molecule has 0 saturated heterocycles. The number of sulfone groups is 1. The molecule has 0 fully saturated rings. The molecule has 0 spiro atoms. The maximum absolute atomic E-state index is 11.9. The first kappa shape index (κ1) is 17.3. The van der Waals surface area contributed by atoms with Crippen molar-refractivity contribution in [3.8, 4) is 0 Å². The van der Waals surface area contributed by atoms with Gasteiger partial charge < -0.3 is 16.2 Å². The van der Waals surface area contributed by atoms with Crippen LogP contribution in [0.15, 0.2) is 18.2 Å². The monoisotopic (exact) mass is 334 g/mol. The summed E-state index contributed by atoms with van der Waals surface area (Å²) in [5.74, 6) is -2.32. The minimum Gasteiger partial charge on any atom is -0.480 e. The first-order chi connectivity index (χ1) is 9.60. The van der Waals surface area contributed by atoms with E-state index in [1.54, 1.807) is 0 Å². The van der Waals surface area contributed by atoms with Gasteiger partial charge in [0.15, 0.2) is 0 Å². The summed E-state index contributed by atoms with van der Waals surface area (Å²) in [4.78, 5) is 23.0. The molecule has 0 aromatic heterocycles. The summed E-state index contributed by atoms with van der Waals surface area (Å²) >= 11 is 5.72. The van der Waals surface area contributed by atoms with Gasteiger partial charge in [0.25, 0.3) is 5.91 Å². The van der Waals surface area contributed by atoms with Crippen LogP contribution in [0.3, 0.4) is 0 Å². The third-order valence-corrected chi connectivity index (χ3v) is 3.96. The van der Waals surface area contributed by atoms with Crippen LogP contribution in [-0.4, -0.2) is 43.5 Å². The molecule has 116 valence electrons. The first-order valence-electron chi connectivity index (χ1n) is 5.86. The van der Waals surface area contributed by atoms with Crippen molar-refractivity contribution in [3.63, 3.8) is 0 Å². The number of benzene rings is 1. The van der Waals surface area contributed by atoms with Crippen molar-refractivity contribution < 1.29 is 23.1 Å². The number of anilines is 1.